The summed E-state index contributed by atoms with van der Waals surface area (Å²) in [5.74, 6) is 1.42. The van der Waals surface area contributed by atoms with Gasteiger partial charge in [-0.1, -0.05) is 19.8 Å². The van der Waals surface area contributed by atoms with E-state index in [-0.39, 0.29) is 5.91 Å². The van der Waals surface area contributed by atoms with Crippen LogP contribution < -0.4 is 10.6 Å². The molecule has 0 aromatic carbocycles. The lowest BCUT2D eigenvalue weighted by Gasteiger charge is -2.26. The number of carbonyl (C=O) groups is 1. The van der Waals surface area contributed by atoms with E-state index in [0.29, 0.717) is 11.6 Å². The molecule has 4 heteroatoms. The van der Waals surface area contributed by atoms with Crippen molar-refractivity contribution in [1.82, 2.24) is 10.3 Å². The topological polar surface area (TPSA) is 54.0 Å². The van der Waals surface area contributed by atoms with E-state index < -0.39 is 0 Å². The summed E-state index contributed by atoms with van der Waals surface area (Å²) in [4.78, 5) is 16.2. The van der Waals surface area contributed by atoms with Crippen molar-refractivity contribution in [2.45, 2.75) is 39.5 Å². The molecule has 1 fully saturated rings. The van der Waals surface area contributed by atoms with E-state index >= 15 is 0 Å². The monoisotopic (exact) mass is 275 g/mol. The molecule has 1 amide bonds. The van der Waals surface area contributed by atoms with Gasteiger partial charge >= 0.3 is 0 Å². The zero-order valence-corrected chi connectivity index (χ0v) is 12.5. The number of aromatic nitrogens is 1. The van der Waals surface area contributed by atoms with Gasteiger partial charge in [0.25, 0.3) is 5.91 Å². The molecular weight excluding hydrogens is 250 g/mol. The smallest absolute Gasteiger partial charge is 0.269 e. The van der Waals surface area contributed by atoms with Gasteiger partial charge in [0.1, 0.15) is 5.69 Å². The molecule has 0 atom stereocenters. The van der Waals surface area contributed by atoms with E-state index in [1.807, 2.05) is 13.0 Å². The van der Waals surface area contributed by atoms with Crippen molar-refractivity contribution in [3.63, 3.8) is 0 Å². The quantitative estimate of drug-likeness (QED) is 0.868. The van der Waals surface area contributed by atoms with Crippen LogP contribution in [0.5, 0.6) is 0 Å². The standard InChI is InChI=1S/C16H25N3O/c1-3-17-14-8-9-15(18-11-14)16(20)19-10-13-6-4-12(2)5-7-13/h8-9,11-13,17H,3-7,10H2,1-2H3,(H,19,20). The minimum atomic E-state index is -0.0633. The van der Waals surface area contributed by atoms with E-state index in [9.17, 15) is 4.79 Å². The summed E-state index contributed by atoms with van der Waals surface area (Å²) in [6, 6.07) is 3.67. The first-order valence-corrected chi connectivity index (χ1v) is 7.67. The van der Waals surface area contributed by atoms with Crippen molar-refractivity contribution in [2.75, 3.05) is 18.4 Å². The molecule has 0 saturated heterocycles. The Morgan fingerprint density at radius 3 is 2.65 bits per heavy atom. The zero-order valence-electron chi connectivity index (χ0n) is 12.5. The van der Waals surface area contributed by atoms with Gasteiger partial charge in [0.05, 0.1) is 11.9 Å². The third kappa shape index (κ3) is 4.22. The van der Waals surface area contributed by atoms with Crippen molar-refractivity contribution in [2.24, 2.45) is 11.8 Å². The van der Waals surface area contributed by atoms with Crippen LogP contribution in [-0.2, 0) is 0 Å². The molecule has 1 saturated carbocycles. The van der Waals surface area contributed by atoms with Gasteiger partial charge in [-0.05, 0) is 43.7 Å². The minimum absolute atomic E-state index is 0.0633. The van der Waals surface area contributed by atoms with Crippen molar-refractivity contribution >= 4 is 11.6 Å². The molecule has 1 heterocycles. The number of hydrogen-bond donors (Lipinski definition) is 2. The first-order chi connectivity index (χ1) is 9.69. The zero-order chi connectivity index (χ0) is 14.4. The molecule has 0 aliphatic heterocycles. The summed E-state index contributed by atoms with van der Waals surface area (Å²) >= 11 is 0. The molecule has 1 aliphatic rings. The second-order valence-corrected chi connectivity index (χ2v) is 5.80. The Kier molecular flexibility index (Phi) is 5.39. The van der Waals surface area contributed by atoms with Crippen LogP contribution >= 0.6 is 0 Å². The molecule has 1 aromatic heterocycles. The Balaban J connectivity index is 1.79. The Bertz CT molecular complexity index is 422. The van der Waals surface area contributed by atoms with E-state index in [4.69, 9.17) is 0 Å². The van der Waals surface area contributed by atoms with Crippen LogP contribution in [0.2, 0.25) is 0 Å². The van der Waals surface area contributed by atoms with Gasteiger partial charge in [0.15, 0.2) is 0 Å². The number of anilines is 1. The minimum Gasteiger partial charge on any atom is -0.384 e. The highest BCUT2D eigenvalue weighted by molar-refractivity contribution is 5.92. The molecule has 0 radical (unpaired) electrons. The maximum absolute atomic E-state index is 12.0. The normalized spacial score (nSPS) is 22.3. The Morgan fingerprint density at radius 2 is 2.05 bits per heavy atom. The fourth-order valence-electron chi connectivity index (χ4n) is 2.70. The number of nitrogens with zero attached hydrogens (tertiary/aromatic N) is 1. The maximum Gasteiger partial charge on any atom is 0.269 e. The van der Waals surface area contributed by atoms with Gasteiger partial charge in [-0.25, -0.2) is 4.98 Å². The average Bonchev–Trinajstić information content (AvgIpc) is 2.47. The lowest BCUT2D eigenvalue weighted by molar-refractivity contribution is 0.0937. The van der Waals surface area contributed by atoms with Crippen LogP contribution in [-0.4, -0.2) is 24.0 Å². The molecular formula is C16H25N3O. The summed E-state index contributed by atoms with van der Waals surface area (Å²) in [6.45, 7) is 5.98. The van der Waals surface area contributed by atoms with Gasteiger partial charge in [0.2, 0.25) is 0 Å². The number of pyridine rings is 1. The van der Waals surface area contributed by atoms with Crippen LogP contribution in [0.4, 0.5) is 5.69 Å². The molecule has 110 valence electrons. The number of nitrogens with one attached hydrogen (secondary N) is 2. The molecule has 20 heavy (non-hydrogen) atoms. The first kappa shape index (κ1) is 14.8. The molecule has 4 nitrogen and oxygen atoms in total. The average molecular weight is 275 g/mol. The van der Waals surface area contributed by atoms with Crippen LogP contribution in [0.1, 0.15) is 50.0 Å². The van der Waals surface area contributed by atoms with Gasteiger partial charge < -0.3 is 10.6 Å². The number of amides is 1. The van der Waals surface area contributed by atoms with Crippen molar-refractivity contribution in [3.05, 3.63) is 24.0 Å². The van der Waals surface area contributed by atoms with Crippen LogP contribution in [0.25, 0.3) is 0 Å². The third-order valence-corrected chi connectivity index (χ3v) is 4.06. The second kappa shape index (κ2) is 7.27. The number of carbonyl (C=O) groups excluding carboxylic acids is 1. The van der Waals surface area contributed by atoms with Gasteiger partial charge in [-0.15, -0.1) is 0 Å². The molecule has 2 N–H and O–H groups in total. The molecule has 0 spiro atoms. The predicted octanol–water partition coefficient (Wildman–Crippen LogP) is 3.07. The van der Waals surface area contributed by atoms with E-state index in [1.165, 1.54) is 25.7 Å². The summed E-state index contributed by atoms with van der Waals surface area (Å²) in [6.07, 6.45) is 6.75. The lowest BCUT2D eigenvalue weighted by Crippen LogP contribution is -2.31. The Labute approximate surface area is 121 Å². The third-order valence-electron chi connectivity index (χ3n) is 4.06. The largest absolute Gasteiger partial charge is 0.384 e. The maximum atomic E-state index is 12.0. The van der Waals surface area contributed by atoms with Crippen LogP contribution in [0, 0.1) is 11.8 Å². The van der Waals surface area contributed by atoms with Gasteiger partial charge in [-0.2, -0.15) is 0 Å². The molecule has 2 rings (SSSR count). The highest BCUT2D eigenvalue weighted by Crippen LogP contribution is 2.27. The van der Waals surface area contributed by atoms with Crippen LogP contribution in [0.3, 0.4) is 0 Å². The second-order valence-electron chi connectivity index (χ2n) is 5.80. The summed E-state index contributed by atoms with van der Waals surface area (Å²) in [7, 11) is 0. The molecule has 1 aliphatic carbocycles. The lowest BCUT2D eigenvalue weighted by atomic mass is 9.83. The fourth-order valence-corrected chi connectivity index (χ4v) is 2.70. The van der Waals surface area contributed by atoms with Crippen LogP contribution in [0.15, 0.2) is 18.3 Å². The van der Waals surface area contributed by atoms with Crippen molar-refractivity contribution in [1.29, 1.82) is 0 Å². The highest BCUT2D eigenvalue weighted by Gasteiger charge is 2.19. The van der Waals surface area contributed by atoms with Crippen molar-refractivity contribution < 1.29 is 4.79 Å². The SMILES string of the molecule is CCNc1ccc(C(=O)NCC2CCC(C)CC2)nc1. The number of hydrogen-bond acceptors (Lipinski definition) is 3. The Hall–Kier alpha value is -1.58. The molecule has 0 unspecified atom stereocenters. The highest BCUT2D eigenvalue weighted by atomic mass is 16.1. The van der Waals surface area contributed by atoms with Gasteiger partial charge in [-0.3, -0.25) is 4.79 Å². The van der Waals surface area contributed by atoms with E-state index in [0.717, 1.165) is 24.7 Å². The molecule has 0 bridgehead atoms. The predicted molar refractivity (Wildman–Crippen MR) is 81.9 cm³/mol. The fraction of sp³-hybridized carbons (Fsp3) is 0.625. The van der Waals surface area contributed by atoms with Gasteiger partial charge in [0, 0.05) is 13.1 Å². The summed E-state index contributed by atoms with van der Waals surface area (Å²) < 4.78 is 0. The van der Waals surface area contributed by atoms with E-state index in [1.54, 1.807) is 12.3 Å². The Morgan fingerprint density at radius 1 is 1.30 bits per heavy atom. The molecule has 1 aromatic rings. The summed E-state index contributed by atoms with van der Waals surface area (Å²) in [5.41, 5.74) is 1.45. The number of rotatable bonds is 5. The summed E-state index contributed by atoms with van der Waals surface area (Å²) in [5, 5.41) is 6.18. The van der Waals surface area contributed by atoms with E-state index in [2.05, 4.69) is 22.5 Å². The van der Waals surface area contributed by atoms with Crippen molar-refractivity contribution in [3.8, 4) is 0 Å². The first-order valence-electron chi connectivity index (χ1n) is 7.67.